The van der Waals surface area contributed by atoms with Crippen LogP contribution < -0.4 is 5.32 Å². The molecular weight excluding hydrogens is 396 g/mol. The smallest absolute Gasteiger partial charge is 0.251 e. The summed E-state index contributed by atoms with van der Waals surface area (Å²) in [4.78, 5) is 12.7. The molecule has 0 aliphatic heterocycles. The van der Waals surface area contributed by atoms with E-state index in [4.69, 9.17) is 16.9 Å². The highest BCUT2D eigenvalue weighted by atomic mass is 35.5. The third-order valence-corrected chi connectivity index (χ3v) is 5.52. The molecule has 2 aromatic carbocycles. The van der Waals surface area contributed by atoms with Crippen LogP contribution in [0.1, 0.15) is 58.2 Å². The quantitative estimate of drug-likeness (QED) is 0.538. The number of aromatic nitrogens is 2. The summed E-state index contributed by atoms with van der Waals surface area (Å²) in [6, 6.07) is 15.1. The normalized spacial score (nSPS) is 10.6. The van der Waals surface area contributed by atoms with E-state index < -0.39 is 0 Å². The van der Waals surface area contributed by atoms with Crippen LogP contribution in [0.5, 0.6) is 0 Å². The molecule has 0 fully saturated rings. The Kier molecular flexibility index (Phi) is 6.91. The van der Waals surface area contributed by atoms with Crippen LogP contribution in [0.4, 0.5) is 0 Å². The van der Waals surface area contributed by atoms with E-state index in [1.165, 1.54) is 0 Å². The molecule has 1 heterocycles. The molecule has 0 saturated heterocycles. The van der Waals surface area contributed by atoms with E-state index in [0.717, 1.165) is 41.0 Å². The van der Waals surface area contributed by atoms with Crippen molar-refractivity contribution in [1.29, 1.82) is 5.26 Å². The van der Waals surface area contributed by atoms with Gasteiger partial charge in [-0.15, -0.1) is 0 Å². The minimum Gasteiger partial charge on any atom is -0.352 e. The van der Waals surface area contributed by atoms with Gasteiger partial charge in [0.2, 0.25) is 0 Å². The number of nitrogens with one attached hydrogen (secondary N) is 1. The molecule has 0 radical (unpaired) electrons. The first-order chi connectivity index (χ1) is 14.5. The van der Waals surface area contributed by atoms with Gasteiger partial charge in [0.05, 0.1) is 22.0 Å². The van der Waals surface area contributed by atoms with Crippen molar-refractivity contribution in [3.05, 3.63) is 81.1 Å². The van der Waals surface area contributed by atoms with Crippen LogP contribution >= 0.6 is 11.6 Å². The lowest BCUT2D eigenvalue weighted by Gasteiger charge is -2.11. The highest BCUT2D eigenvalue weighted by molar-refractivity contribution is 6.31. The highest BCUT2D eigenvalue weighted by Crippen LogP contribution is 2.25. The van der Waals surface area contributed by atoms with E-state index in [1.54, 1.807) is 12.1 Å². The van der Waals surface area contributed by atoms with E-state index in [-0.39, 0.29) is 5.91 Å². The number of aryl methyl sites for hydroxylation is 1. The van der Waals surface area contributed by atoms with Gasteiger partial charge in [-0.05, 0) is 50.1 Å². The van der Waals surface area contributed by atoms with Crippen LogP contribution in [-0.2, 0) is 6.42 Å². The molecule has 3 rings (SSSR count). The van der Waals surface area contributed by atoms with Crippen molar-refractivity contribution < 1.29 is 4.79 Å². The minimum absolute atomic E-state index is 0.0411. The van der Waals surface area contributed by atoms with Gasteiger partial charge in [0, 0.05) is 29.8 Å². The van der Waals surface area contributed by atoms with Crippen LogP contribution in [0.2, 0.25) is 5.02 Å². The molecule has 30 heavy (non-hydrogen) atoms. The van der Waals surface area contributed by atoms with E-state index in [2.05, 4.69) is 23.4 Å². The third kappa shape index (κ3) is 4.55. The Bertz CT molecular complexity index is 1110. The number of nitrogens with zero attached hydrogens (tertiary/aromatic N) is 3. The van der Waals surface area contributed by atoms with E-state index in [9.17, 15) is 4.79 Å². The molecule has 154 valence electrons. The number of hydrogen-bond acceptors (Lipinski definition) is 3. The molecule has 1 aromatic heterocycles. The van der Waals surface area contributed by atoms with E-state index >= 15 is 0 Å². The summed E-state index contributed by atoms with van der Waals surface area (Å²) < 4.78 is 1.83. The van der Waals surface area contributed by atoms with E-state index in [1.807, 2.05) is 48.9 Å². The number of carbonyl (C=O) groups is 1. The Hall–Kier alpha value is -3.10. The van der Waals surface area contributed by atoms with Gasteiger partial charge in [0.15, 0.2) is 0 Å². The number of rotatable bonds is 7. The van der Waals surface area contributed by atoms with Crippen molar-refractivity contribution in [2.75, 3.05) is 6.54 Å². The monoisotopic (exact) mass is 420 g/mol. The number of hydrogen-bond donors (Lipinski definition) is 1. The summed E-state index contributed by atoms with van der Waals surface area (Å²) in [5.74, 6) is -0.0411. The Morgan fingerprint density at radius 1 is 1.23 bits per heavy atom. The van der Waals surface area contributed by atoms with E-state index in [0.29, 0.717) is 29.1 Å². The fourth-order valence-corrected chi connectivity index (χ4v) is 3.69. The molecular formula is C24H25ClN4O. The van der Waals surface area contributed by atoms with Crippen LogP contribution in [-0.4, -0.2) is 22.2 Å². The number of benzene rings is 2. The maximum atomic E-state index is 12.7. The van der Waals surface area contributed by atoms with Crippen molar-refractivity contribution in [3.8, 4) is 11.8 Å². The number of halogens is 1. The molecule has 0 aliphatic rings. The number of nitriles is 1. The zero-order valence-electron chi connectivity index (χ0n) is 17.5. The lowest BCUT2D eigenvalue weighted by atomic mass is 9.98. The molecule has 0 aliphatic carbocycles. The van der Waals surface area contributed by atoms with Crippen molar-refractivity contribution in [2.24, 2.45) is 0 Å². The predicted octanol–water partition coefficient (Wildman–Crippen LogP) is 5.13. The number of amides is 1. The molecule has 0 spiro atoms. The first-order valence-corrected chi connectivity index (χ1v) is 10.4. The predicted molar refractivity (Wildman–Crippen MR) is 119 cm³/mol. The molecule has 0 bridgehead atoms. The van der Waals surface area contributed by atoms with Crippen LogP contribution in [0.25, 0.3) is 5.69 Å². The minimum atomic E-state index is -0.0411. The van der Waals surface area contributed by atoms with Gasteiger partial charge in [0.25, 0.3) is 5.91 Å². The van der Waals surface area contributed by atoms with Gasteiger partial charge < -0.3 is 5.32 Å². The van der Waals surface area contributed by atoms with Gasteiger partial charge in [-0.2, -0.15) is 10.4 Å². The zero-order chi connectivity index (χ0) is 21.7. The lowest BCUT2D eigenvalue weighted by molar-refractivity contribution is 0.0952. The summed E-state index contributed by atoms with van der Waals surface area (Å²) in [5, 5.41) is 17.2. The first-order valence-electron chi connectivity index (χ1n) is 10.1. The summed E-state index contributed by atoms with van der Waals surface area (Å²) in [5.41, 5.74) is 5.85. The molecule has 0 atom stereocenters. The van der Waals surface area contributed by atoms with Crippen LogP contribution in [0, 0.1) is 25.2 Å². The number of unbranched alkanes of at least 4 members (excludes halogenated alkanes) is 1. The second-order valence-corrected chi connectivity index (χ2v) is 7.69. The van der Waals surface area contributed by atoms with Crippen molar-refractivity contribution in [1.82, 2.24) is 15.1 Å². The van der Waals surface area contributed by atoms with Gasteiger partial charge in [0.1, 0.15) is 6.07 Å². The topological polar surface area (TPSA) is 70.7 Å². The summed E-state index contributed by atoms with van der Waals surface area (Å²) in [7, 11) is 0. The Balaban J connectivity index is 1.92. The second kappa shape index (κ2) is 9.60. The Morgan fingerprint density at radius 3 is 2.70 bits per heavy atom. The van der Waals surface area contributed by atoms with Gasteiger partial charge in [-0.25, -0.2) is 4.68 Å². The molecule has 0 saturated carbocycles. The van der Waals surface area contributed by atoms with Gasteiger partial charge >= 0.3 is 0 Å². The average molecular weight is 421 g/mol. The summed E-state index contributed by atoms with van der Waals surface area (Å²) in [6.45, 7) is 6.75. The largest absolute Gasteiger partial charge is 0.352 e. The molecule has 1 N–H and O–H groups in total. The molecule has 0 unspecified atom stereocenters. The van der Waals surface area contributed by atoms with Gasteiger partial charge in [-0.3, -0.25) is 4.79 Å². The van der Waals surface area contributed by atoms with Crippen LogP contribution in [0.15, 0.2) is 42.5 Å². The van der Waals surface area contributed by atoms with Crippen molar-refractivity contribution in [2.45, 2.75) is 40.0 Å². The lowest BCUT2D eigenvalue weighted by Crippen LogP contribution is -2.25. The fraction of sp³-hybridized carbons (Fsp3) is 0.292. The second-order valence-electron chi connectivity index (χ2n) is 7.28. The maximum Gasteiger partial charge on any atom is 0.251 e. The molecule has 3 aromatic rings. The average Bonchev–Trinajstić information content (AvgIpc) is 3.02. The van der Waals surface area contributed by atoms with Crippen molar-refractivity contribution >= 4 is 17.5 Å². The fourth-order valence-electron chi connectivity index (χ4n) is 3.47. The standard InChI is InChI=1S/C24H25ClN4O/c1-4-5-12-27-24(30)21-9-7-6-8-18(21)13-22-16(2)28-29(17(22)3)20-11-10-19(15-26)23(25)14-20/h6-11,14H,4-5,12-13H2,1-3H3,(H,27,30). The molecule has 5 nitrogen and oxygen atoms in total. The third-order valence-electron chi connectivity index (χ3n) is 5.20. The number of carbonyl (C=O) groups excluding carboxylic acids is 1. The van der Waals surface area contributed by atoms with Crippen LogP contribution in [0.3, 0.4) is 0 Å². The van der Waals surface area contributed by atoms with Crippen molar-refractivity contribution in [3.63, 3.8) is 0 Å². The molecule has 6 heteroatoms. The Labute approximate surface area is 182 Å². The maximum absolute atomic E-state index is 12.7. The summed E-state index contributed by atoms with van der Waals surface area (Å²) in [6.07, 6.45) is 2.62. The zero-order valence-corrected chi connectivity index (χ0v) is 18.3. The Morgan fingerprint density at radius 2 is 2.00 bits per heavy atom. The first kappa shape index (κ1) is 21.6. The SMILES string of the molecule is CCCCNC(=O)c1ccccc1Cc1c(C)nn(-c2ccc(C#N)c(Cl)c2)c1C. The summed E-state index contributed by atoms with van der Waals surface area (Å²) >= 11 is 6.21. The van der Waals surface area contributed by atoms with Gasteiger partial charge in [-0.1, -0.05) is 43.1 Å². The highest BCUT2D eigenvalue weighted by Gasteiger charge is 2.17. The molecule has 1 amide bonds.